The van der Waals surface area contributed by atoms with Gasteiger partial charge in [-0.15, -0.1) is 0 Å². The topological polar surface area (TPSA) is 101 Å². The molecule has 0 spiro atoms. The average Bonchev–Trinajstić information content (AvgIpc) is 3.25. The smallest absolute Gasteiger partial charge is 0.305 e. The number of hydrogen-bond acceptors (Lipinski definition) is 6. The van der Waals surface area contributed by atoms with Crippen molar-refractivity contribution in [2.24, 2.45) is 5.92 Å². The molecule has 0 aliphatic heterocycles. The van der Waals surface area contributed by atoms with Gasteiger partial charge in [-0.1, -0.05) is 33.1 Å². The van der Waals surface area contributed by atoms with Gasteiger partial charge in [-0.05, 0) is 80.2 Å². The molecule has 3 rings (SSSR count). The number of amides is 1. The molecule has 0 aliphatic rings. The van der Waals surface area contributed by atoms with Crippen LogP contribution < -0.4 is 15.4 Å². The molecular weight excluding hydrogens is 512 g/mol. The van der Waals surface area contributed by atoms with Gasteiger partial charge in [-0.3, -0.25) is 9.59 Å². The molecular formula is C31H42N2O5S. The Morgan fingerprint density at radius 3 is 2.56 bits per heavy atom. The molecule has 2 unspecified atom stereocenters. The number of ether oxygens (including phenoxy) is 1. The number of thioether (sulfide) groups is 1. The third kappa shape index (κ3) is 8.95. The van der Waals surface area contributed by atoms with Crippen molar-refractivity contribution in [3.63, 3.8) is 0 Å². The van der Waals surface area contributed by atoms with Crippen LogP contribution in [0.15, 0.2) is 46.9 Å². The lowest BCUT2D eigenvalue weighted by Gasteiger charge is -2.25. The number of carbonyl (C=O) groups is 2. The molecule has 2 aromatic carbocycles. The zero-order valence-electron chi connectivity index (χ0n) is 23.5. The van der Waals surface area contributed by atoms with E-state index in [1.165, 1.54) is 12.8 Å². The molecule has 0 radical (unpaired) electrons. The van der Waals surface area contributed by atoms with Crippen molar-refractivity contribution in [1.82, 2.24) is 5.32 Å². The molecule has 1 aromatic heterocycles. The Bertz CT molecular complexity index is 1210. The van der Waals surface area contributed by atoms with Crippen molar-refractivity contribution in [2.45, 2.75) is 65.3 Å². The largest absolute Gasteiger partial charge is 0.494 e. The highest BCUT2D eigenvalue weighted by Gasteiger charge is 2.26. The Balaban J connectivity index is 1.80. The van der Waals surface area contributed by atoms with Crippen molar-refractivity contribution in [3.8, 4) is 5.75 Å². The molecule has 212 valence electrons. The van der Waals surface area contributed by atoms with Crippen molar-refractivity contribution in [2.75, 3.05) is 30.5 Å². The number of rotatable bonds is 17. The first kappa shape index (κ1) is 30.4. The van der Waals surface area contributed by atoms with Crippen LogP contribution in [-0.2, 0) is 4.79 Å². The number of fused-ring (bicyclic) bond motifs is 1. The number of carboxylic acid groups (broad SMARTS) is 1. The number of unbranched alkanes of at least 4 members (excludes halogenated alkanes) is 2. The van der Waals surface area contributed by atoms with E-state index >= 15 is 0 Å². The fourth-order valence-electron chi connectivity index (χ4n) is 4.63. The SMILES string of the molecule is CCCCCC(C)C(Nc1ccc(C(=O)NCCC(=O)O)cc1)c1oc2ccc(OCCCSC)cc2c1C. The third-order valence-electron chi connectivity index (χ3n) is 6.91. The van der Waals surface area contributed by atoms with E-state index in [1.807, 2.05) is 36.0 Å². The molecule has 3 N–H and O–H groups in total. The predicted octanol–water partition coefficient (Wildman–Crippen LogP) is 7.45. The van der Waals surface area contributed by atoms with Gasteiger partial charge in [0, 0.05) is 28.7 Å². The maximum atomic E-state index is 12.4. The lowest BCUT2D eigenvalue weighted by atomic mass is 9.91. The normalized spacial score (nSPS) is 12.7. The highest BCUT2D eigenvalue weighted by molar-refractivity contribution is 7.98. The van der Waals surface area contributed by atoms with Crippen LogP contribution in [0.4, 0.5) is 5.69 Å². The zero-order valence-corrected chi connectivity index (χ0v) is 24.4. The molecule has 2 atom stereocenters. The number of aryl methyl sites for hydroxylation is 1. The molecule has 0 aliphatic carbocycles. The van der Waals surface area contributed by atoms with Gasteiger partial charge in [0.05, 0.1) is 19.1 Å². The summed E-state index contributed by atoms with van der Waals surface area (Å²) in [4.78, 5) is 23.1. The number of carbonyl (C=O) groups excluding carboxylic acids is 1. The van der Waals surface area contributed by atoms with E-state index in [0.717, 1.165) is 58.7 Å². The highest BCUT2D eigenvalue weighted by atomic mass is 32.2. The van der Waals surface area contributed by atoms with Crippen LogP contribution in [0.5, 0.6) is 5.75 Å². The minimum Gasteiger partial charge on any atom is -0.494 e. The first-order chi connectivity index (χ1) is 18.8. The standard InChI is InChI=1S/C31H42N2O5S/c1-5-6-7-9-21(2)29(33-24-12-10-23(11-13-24)31(36)32-17-16-28(34)35)30-22(3)26-20-25(14-15-27(26)38-30)37-18-8-19-39-4/h10-15,20-21,29,33H,5-9,16-19H2,1-4H3,(H,32,36)(H,34,35). The van der Waals surface area contributed by atoms with Crippen LogP contribution >= 0.6 is 11.8 Å². The molecule has 3 aromatic rings. The van der Waals surface area contributed by atoms with E-state index in [1.54, 1.807) is 12.1 Å². The summed E-state index contributed by atoms with van der Waals surface area (Å²) in [5, 5.41) is 16.2. The van der Waals surface area contributed by atoms with Gasteiger partial charge in [0.15, 0.2) is 0 Å². The van der Waals surface area contributed by atoms with Crippen molar-refractivity contribution >= 4 is 40.3 Å². The number of anilines is 1. The molecule has 7 nitrogen and oxygen atoms in total. The summed E-state index contributed by atoms with van der Waals surface area (Å²) in [6.07, 6.45) is 7.59. The predicted molar refractivity (Wildman–Crippen MR) is 160 cm³/mol. The van der Waals surface area contributed by atoms with Gasteiger partial charge in [0.25, 0.3) is 5.91 Å². The number of furan rings is 1. The van der Waals surface area contributed by atoms with Crippen LogP contribution in [0, 0.1) is 12.8 Å². The minimum absolute atomic E-state index is 0.0459. The molecule has 0 saturated heterocycles. The maximum absolute atomic E-state index is 12.4. The Hall–Kier alpha value is -3.13. The van der Waals surface area contributed by atoms with Gasteiger partial charge in [0.2, 0.25) is 0 Å². The molecule has 1 amide bonds. The first-order valence-electron chi connectivity index (χ1n) is 13.8. The van der Waals surface area contributed by atoms with Gasteiger partial charge < -0.3 is 24.9 Å². The summed E-state index contributed by atoms with van der Waals surface area (Å²) in [7, 11) is 0. The molecule has 0 saturated carbocycles. The molecule has 39 heavy (non-hydrogen) atoms. The maximum Gasteiger partial charge on any atom is 0.305 e. The van der Waals surface area contributed by atoms with Gasteiger partial charge in [-0.25, -0.2) is 0 Å². The monoisotopic (exact) mass is 554 g/mol. The second-order valence-electron chi connectivity index (χ2n) is 10.0. The molecule has 1 heterocycles. The van der Waals surface area contributed by atoms with Gasteiger partial charge >= 0.3 is 5.97 Å². The number of carboxylic acids is 1. The van der Waals surface area contributed by atoms with Crippen molar-refractivity contribution in [1.29, 1.82) is 0 Å². The lowest BCUT2D eigenvalue weighted by Crippen LogP contribution is -2.26. The lowest BCUT2D eigenvalue weighted by molar-refractivity contribution is -0.136. The number of nitrogens with one attached hydrogen (secondary N) is 2. The van der Waals surface area contributed by atoms with Gasteiger partial charge in [0.1, 0.15) is 17.1 Å². The van der Waals surface area contributed by atoms with Crippen LogP contribution in [0.2, 0.25) is 0 Å². The van der Waals surface area contributed by atoms with E-state index < -0.39 is 5.97 Å². The Morgan fingerprint density at radius 2 is 1.87 bits per heavy atom. The summed E-state index contributed by atoms with van der Waals surface area (Å²) in [6, 6.07) is 13.3. The van der Waals surface area contributed by atoms with E-state index in [-0.39, 0.29) is 24.9 Å². The van der Waals surface area contributed by atoms with Crippen LogP contribution in [0.25, 0.3) is 11.0 Å². The average molecular weight is 555 g/mol. The Labute approximate surface area is 236 Å². The highest BCUT2D eigenvalue weighted by Crippen LogP contribution is 2.38. The molecule has 0 bridgehead atoms. The van der Waals surface area contributed by atoms with Crippen LogP contribution in [0.1, 0.15) is 80.1 Å². The van der Waals surface area contributed by atoms with Crippen molar-refractivity contribution in [3.05, 3.63) is 59.4 Å². The van der Waals surface area contributed by atoms with E-state index in [2.05, 4.69) is 43.7 Å². The number of aliphatic carboxylic acids is 1. The summed E-state index contributed by atoms with van der Waals surface area (Å²) in [6.45, 7) is 7.37. The van der Waals surface area contributed by atoms with Crippen molar-refractivity contribution < 1.29 is 23.8 Å². The molecule has 0 fully saturated rings. The fraction of sp³-hybridized carbons (Fsp3) is 0.484. The summed E-state index contributed by atoms with van der Waals surface area (Å²) in [5.41, 5.74) is 3.33. The second kappa shape index (κ2) is 15.5. The van der Waals surface area contributed by atoms with E-state index in [9.17, 15) is 9.59 Å². The van der Waals surface area contributed by atoms with E-state index in [4.69, 9.17) is 14.3 Å². The number of benzene rings is 2. The summed E-state index contributed by atoms with van der Waals surface area (Å²) >= 11 is 1.82. The zero-order chi connectivity index (χ0) is 28.2. The summed E-state index contributed by atoms with van der Waals surface area (Å²) in [5.74, 6) is 1.95. The first-order valence-corrected chi connectivity index (χ1v) is 15.2. The van der Waals surface area contributed by atoms with E-state index in [0.29, 0.717) is 18.1 Å². The Morgan fingerprint density at radius 1 is 1.10 bits per heavy atom. The minimum atomic E-state index is -0.940. The number of hydrogen-bond donors (Lipinski definition) is 3. The Kier molecular flexibility index (Phi) is 12.1. The fourth-order valence-corrected chi connectivity index (χ4v) is 5.04. The second-order valence-corrected chi connectivity index (χ2v) is 11.0. The third-order valence-corrected chi connectivity index (χ3v) is 7.61. The van der Waals surface area contributed by atoms with Crippen LogP contribution in [-0.4, -0.2) is 42.1 Å². The molecule has 8 heteroatoms. The summed E-state index contributed by atoms with van der Waals surface area (Å²) < 4.78 is 12.4. The van der Waals surface area contributed by atoms with Gasteiger partial charge in [-0.2, -0.15) is 11.8 Å². The quantitative estimate of drug-likeness (QED) is 0.149. The van der Waals surface area contributed by atoms with Crippen LogP contribution in [0.3, 0.4) is 0 Å².